The molecule has 1 N–H and O–H groups in total. The van der Waals surface area contributed by atoms with E-state index in [-0.39, 0.29) is 11.3 Å². The molecule has 0 saturated carbocycles. The van der Waals surface area contributed by atoms with Gasteiger partial charge in [0.1, 0.15) is 17.6 Å². The maximum atomic E-state index is 15.1. The fourth-order valence-electron chi connectivity index (χ4n) is 3.96. The molecule has 170 valence electrons. The summed E-state index contributed by atoms with van der Waals surface area (Å²) in [4.78, 5) is 18.9. The Balaban J connectivity index is 1.34. The molecule has 1 aromatic carbocycles. The minimum atomic E-state index is -3.99. The van der Waals surface area contributed by atoms with E-state index in [1.165, 1.54) is 30.0 Å². The van der Waals surface area contributed by atoms with Gasteiger partial charge in [0.15, 0.2) is 0 Å². The van der Waals surface area contributed by atoms with E-state index in [4.69, 9.17) is 18.3 Å². The molecule has 2 bridgehead atoms. The Morgan fingerprint density at radius 3 is 2.61 bits per heavy atom. The van der Waals surface area contributed by atoms with E-state index >= 15 is 4.39 Å². The van der Waals surface area contributed by atoms with Crippen LogP contribution in [0.3, 0.4) is 0 Å². The molecule has 1 amide bonds. The number of phosphoric ester groups is 1. The highest BCUT2D eigenvalue weighted by molar-refractivity contribution is 7.50. The van der Waals surface area contributed by atoms with Crippen LogP contribution >= 0.6 is 7.82 Å². The van der Waals surface area contributed by atoms with Crippen LogP contribution in [0.4, 0.5) is 14.9 Å². The highest BCUT2D eigenvalue weighted by Crippen LogP contribution is 2.81. The molecule has 15 heteroatoms. The van der Waals surface area contributed by atoms with Gasteiger partial charge in [0.05, 0.1) is 12.7 Å². The monoisotopic (exact) mass is 476 g/mol. The number of aliphatic hydroxyl groups is 1. The van der Waals surface area contributed by atoms with E-state index in [2.05, 4.69) is 20.4 Å². The van der Waals surface area contributed by atoms with Crippen LogP contribution in [-0.4, -0.2) is 54.2 Å². The third kappa shape index (κ3) is 2.60. The van der Waals surface area contributed by atoms with Gasteiger partial charge in [0.25, 0.3) is 0 Å². The summed E-state index contributed by atoms with van der Waals surface area (Å²) < 4.78 is 48.1. The van der Waals surface area contributed by atoms with Crippen molar-refractivity contribution in [1.82, 2.24) is 25.2 Å². The Morgan fingerprint density at radius 2 is 2.00 bits per heavy atom. The lowest BCUT2D eigenvalue weighted by molar-refractivity contribution is -0.278. The molecule has 0 unspecified atom stereocenters. The summed E-state index contributed by atoms with van der Waals surface area (Å²) in [5, 5.41) is 21.8. The third-order valence-electron chi connectivity index (χ3n) is 5.45. The summed E-state index contributed by atoms with van der Waals surface area (Å²) in [6.07, 6.45) is -1.04. The minimum Gasteiger partial charge on any atom is -0.405 e. The van der Waals surface area contributed by atoms with Crippen molar-refractivity contribution in [2.24, 2.45) is 7.05 Å². The van der Waals surface area contributed by atoms with Gasteiger partial charge in [0, 0.05) is 17.3 Å². The number of carbonyl (C=O) groups excluding carboxylic acids is 1. The molecule has 1 spiro atoms. The van der Waals surface area contributed by atoms with Crippen molar-refractivity contribution in [2.75, 3.05) is 4.90 Å². The van der Waals surface area contributed by atoms with Gasteiger partial charge in [-0.3, -0.25) is 4.98 Å². The molecule has 2 atom stereocenters. The fourth-order valence-corrected chi connectivity index (χ4v) is 5.71. The van der Waals surface area contributed by atoms with Crippen molar-refractivity contribution in [3.8, 4) is 22.6 Å². The van der Waals surface area contributed by atoms with Gasteiger partial charge in [-0.15, -0.1) is 10.2 Å². The van der Waals surface area contributed by atoms with Crippen LogP contribution < -0.4 is 4.90 Å². The minimum absolute atomic E-state index is 0.0196. The number of halogens is 1. The van der Waals surface area contributed by atoms with Crippen molar-refractivity contribution < 1.29 is 37.2 Å². The molecule has 3 aromatic rings. The summed E-state index contributed by atoms with van der Waals surface area (Å²) >= 11 is 0. The number of hydrogen-bond acceptors (Lipinski definition) is 11. The van der Waals surface area contributed by atoms with Crippen LogP contribution in [0.2, 0.25) is 0 Å². The van der Waals surface area contributed by atoms with Gasteiger partial charge < -0.3 is 9.84 Å². The van der Waals surface area contributed by atoms with Crippen molar-refractivity contribution >= 4 is 19.6 Å². The third-order valence-corrected chi connectivity index (χ3v) is 6.88. The molecule has 7 rings (SSSR count). The van der Waals surface area contributed by atoms with Crippen molar-refractivity contribution in [3.63, 3.8) is 0 Å². The first-order valence-electron chi connectivity index (χ1n) is 9.60. The van der Waals surface area contributed by atoms with Gasteiger partial charge in [-0.05, 0) is 36.4 Å². The first-order chi connectivity index (χ1) is 15.7. The second kappa shape index (κ2) is 6.40. The van der Waals surface area contributed by atoms with Crippen LogP contribution in [0.15, 0.2) is 36.5 Å². The number of rotatable bonds is 4. The Bertz CT molecular complexity index is 1350. The first kappa shape index (κ1) is 20.3. The lowest BCUT2D eigenvalue weighted by Crippen LogP contribution is -2.63. The summed E-state index contributed by atoms with van der Waals surface area (Å²) in [7, 11) is -2.36. The summed E-state index contributed by atoms with van der Waals surface area (Å²) in [5.74, 6) is -4.66. The van der Waals surface area contributed by atoms with Crippen molar-refractivity contribution in [3.05, 3.63) is 42.3 Å². The van der Waals surface area contributed by atoms with Gasteiger partial charge >= 0.3 is 25.6 Å². The number of aromatic nitrogens is 5. The molecule has 6 heterocycles. The normalized spacial score (nSPS) is 30.7. The maximum Gasteiger partial charge on any atom is 0.486 e. The van der Waals surface area contributed by atoms with E-state index in [1.807, 2.05) is 0 Å². The quantitative estimate of drug-likeness (QED) is 0.550. The van der Waals surface area contributed by atoms with E-state index < -0.39 is 37.5 Å². The number of carbonyl (C=O) groups is 1. The lowest BCUT2D eigenvalue weighted by Gasteiger charge is -2.39. The van der Waals surface area contributed by atoms with Gasteiger partial charge in [-0.1, -0.05) is 6.07 Å². The Labute approximate surface area is 184 Å². The number of ether oxygens (including phenoxy) is 1. The topological polar surface area (TPSA) is 151 Å². The van der Waals surface area contributed by atoms with Crippen LogP contribution in [-0.2, 0) is 29.9 Å². The Kier molecular flexibility index (Phi) is 3.94. The fraction of sp³-hybridized carbons (Fsp3) is 0.278. The van der Waals surface area contributed by atoms with Crippen LogP contribution in [0.1, 0.15) is 6.92 Å². The number of benzene rings is 1. The molecule has 4 saturated heterocycles. The van der Waals surface area contributed by atoms with Gasteiger partial charge in [-0.2, -0.15) is 4.80 Å². The van der Waals surface area contributed by atoms with Gasteiger partial charge in [-0.25, -0.2) is 32.2 Å². The van der Waals surface area contributed by atoms with E-state index in [1.54, 1.807) is 19.2 Å². The lowest BCUT2D eigenvalue weighted by atomic mass is 10.0. The number of aryl methyl sites for hydroxylation is 1. The van der Waals surface area contributed by atoms with Crippen molar-refractivity contribution in [1.29, 1.82) is 0 Å². The zero-order valence-electron chi connectivity index (χ0n) is 16.9. The van der Waals surface area contributed by atoms with Crippen LogP contribution in [0, 0.1) is 5.82 Å². The molecular formula is C18H14FN6O7P. The first-order valence-corrected chi connectivity index (χ1v) is 11.1. The Hall–Kier alpha value is -3.29. The van der Waals surface area contributed by atoms with Crippen molar-refractivity contribution in [2.45, 2.75) is 24.7 Å². The molecule has 13 nitrogen and oxygen atoms in total. The number of amides is 1. The van der Waals surface area contributed by atoms with E-state index in [9.17, 15) is 14.5 Å². The number of aliphatic hydroxyl groups excluding tert-OH is 1. The summed E-state index contributed by atoms with van der Waals surface area (Å²) in [5.41, 5.74) is 1.09. The molecule has 0 radical (unpaired) electrons. The summed E-state index contributed by atoms with van der Waals surface area (Å²) in [6.45, 7) is 1.26. The Morgan fingerprint density at radius 1 is 1.21 bits per heavy atom. The van der Waals surface area contributed by atoms with E-state index in [0.29, 0.717) is 17.1 Å². The highest BCUT2D eigenvalue weighted by atomic mass is 31.2. The molecule has 4 aliphatic rings. The number of phosphoric acid groups is 1. The number of hydrogen-bond donors (Lipinski definition) is 1. The van der Waals surface area contributed by atoms with Crippen LogP contribution in [0.5, 0.6) is 0 Å². The average molecular weight is 476 g/mol. The zero-order valence-corrected chi connectivity index (χ0v) is 17.8. The second-order valence-electron chi connectivity index (χ2n) is 7.55. The molecular weight excluding hydrogens is 462 g/mol. The molecule has 2 aromatic heterocycles. The van der Waals surface area contributed by atoms with E-state index in [0.717, 1.165) is 11.0 Å². The molecule has 4 aliphatic heterocycles. The highest BCUT2D eigenvalue weighted by Gasteiger charge is 2.90. The maximum absolute atomic E-state index is 15.1. The molecule has 0 aliphatic carbocycles. The number of nitrogens with zero attached hydrogens (tertiary/aromatic N) is 6. The standard InChI is InChI=1S/C18H14FN6O7P/c1-9(26)17-18(31-33(28,30-17)32-18)25(16(27)29-17)11-4-5-12(13(19)7-11)10-3-6-14(20-8-10)15-21-23-24(2)22-15/h3-9,26H,1-2H3/t9-,17-,18?,33?/m1/s1. The predicted octanol–water partition coefficient (Wildman–Crippen LogP) is 1.95. The number of anilines is 1. The van der Waals surface area contributed by atoms with Gasteiger partial charge in [0.2, 0.25) is 5.82 Å². The largest absolute Gasteiger partial charge is 0.486 e. The molecule has 33 heavy (non-hydrogen) atoms. The van der Waals surface area contributed by atoms with Crippen LogP contribution in [0.25, 0.3) is 22.6 Å². The predicted molar refractivity (Wildman–Crippen MR) is 104 cm³/mol. The SMILES string of the molecule is C[C@@H](O)[C@]12OC(=O)N(c3ccc(-c4ccc(-c5nnn(C)n5)nc4)c(F)c3)C13OP(=O)(O3)O2. The number of tetrazole rings is 1. The zero-order chi connectivity index (χ0) is 23.2. The second-order valence-corrected chi connectivity index (χ2v) is 8.99. The average Bonchev–Trinajstić information content (AvgIpc) is 3.41. The summed E-state index contributed by atoms with van der Waals surface area (Å²) in [6, 6.07) is 7.14. The number of pyridine rings is 1. The smallest absolute Gasteiger partial charge is 0.405 e. The molecule has 4 fully saturated rings.